The van der Waals surface area contributed by atoms with Gasteiger partial charge in [0.05, 0.1) is 15.6 Å². The van der Waals surface area contributed by atoms with E-state index in [1.807, 2.05) is 54.6 Å². The van der Waals surface area contributed by atoms with E-state index in [0.29, 0.717) is 37.3 Å². The lowest BCUT2D eigenvalue weighted by Gasteiger charge is -2.15. The van der Waals surface area contributed by atoms with Crippen LogP contribution in [0.15, 0.2) is 76.1 Å². The van der Waals surface area contributed by atoms with Crippen molar-refractivity contribution in [1.29, 1.82) is 0 Å². The summed E-state index contributed by atoms with van der Waals surface area (Å²) >= 11 is 22.2. The number of thioether (sulfide) groups is 1. The first kappa shape index (κ1) is 22.4. The molecule has 0 unspecified atom stereocenters. The SMILES string of the molecule is O=C1/C(=C\c2cccc(OCc3ccc(Cl)cc3)c2)SC(=S)N1c1ccc(Br)c(Cl)c1. The van der Waals surface area contributed by atoms with Crippen molar-refractivity contribution >= 4 is 85.1 Å². The zero-order valence-corrected chi connectivity index (χ0v) is 20.6. The fourth-order valence-corrected chi connectivity index (χ4v) is 4.75. The van der Waals surface area contributed by atoms with Crippen LogP contribution in [0.25, 0.3) is 6.08 Å². The van der Waals surface area contributed by atoms with Crippen LogP contribution in [0.3, 0.4) is 0 Å². The molecule has 1 heterocycles. The molecule has 4 rings (SSSR count). The summed E-state index contributed by atoms with van der Waals surface area (Å²) in [4.78, 5) is 15.0. The summed E-state index contributed by atoms with van der Waals surface area (Å²) in [5.41, 5.74) is 2.51. The number of hydrogen-bond donors (Lipinski definition) is 0. The quantitative estimate of drug-likeness (QED) is 0.240. The lowest BCUT2D eigenvalue weighted by molar-refractivity contribution is -0.113. The van der Waals surface area contributed by atoms with Gasteiger partial charge in [-0.3, -0.25) is 9.69 Å². The number of nitrogens with zero attached hydrogens (tertiary/aromatic N) is 1. The Morgan fingerprint density at radius 2 is 1.84 bits per heavy atom. The topological polar surface area (TPSA) is 29.5 Å². The van der Waals surface area contributed by atoms with Crippen molar-refractivity contribution in [2.24, 2.45) is 0 Å². The standard InChI is InChI=1S/C23H14BrCl2NO2S2/c24-19-9-8-17(12-20(19)26)27-22(28)21(31-23(27)30)11-15-2-1-3-18(10-15)29-13-14-4-6-16(25)7-5-14/h1-12H,13H2/b21-11+. The van der Waals surface area contributed by atoms with Crippen molar-refractivity contribution < 1.29 is 9.53 Å². The van der Waals surface area contributed by atoms with Gasteiger partial charge < -0.3 is 4.74 Å². The number of thiocarbonyl (C=S) groups is 1. The Morgan fingerprint density at radius 1 is 1.06 bits per heavy atom. The number of amides is 1. The molecule has 1 fully saturated rings. The van der Waals surface area contributed by atoms with Gasteiger partial charge in [-0.25, -0.2) is 0 Å². The Labute approximate surface area is 208 Å². The Bertz CT molecular complexity index is 1200. The van der Waals surface area contributed by atoms with Crippen LogP contribution in [0.1, 0.15) is 11.1 Å². The highest BCUT2D eigenvalue weighted by molar-refractivity contribution is 9.10. The summed E-state index contributed by atoms with van der Waals surface area (Å²) in [7, 11) is 0. The largest absolute Gasteiger partial charge is 0.489 e. The summed E-state index contributed by atoms with van der Waals surface area (Å²) in [5.74, 6) is 0.528. The van der Waals surface area contributed by atoms with Crippen molar-refractivity contribution in [2.75, 3.05) is 4.90 Å². The molecule has 3 nitrogen and oxygen atoms in total. The Kier molecular flexibility index (Phi) is 7.04. The van der Waals surface area contributed by atoms with E-state index >= 15 is 0 Å². The van der Waals surface area contributed by atoms with Crippen molar-refractivity contribution in [3.05, 3.63) is 97.3 Å². The number of anilines is 1. The molecule has 0 N–H and O–H groups in total. The molecule has 1 saturated heterocycles. The van der Waals surface area contributed by atoms with Crippen LogP contribution in [0, 0.1) is 0 Å². The van der Waals surface area contributed by atoms with E-state index in [9.17, 15) is 4.79 Å². The van der Waals surface area contributed by atoms with Gasteiger partial charge in [-0.2, -0.15) is 0 Å². The van der Waals surface area contributed by atoms with Crippen molar-refractivity contribution in [3.8, 4) is 5.75 Å². The molecule has 1 aliphatic heterocycles. The fraction of sp³-hybridized carbons (Fsp3) is 0.0435. The van der Waals surface area contributed by atoms with E-state index in [1.54, 1.807) is 18.2 Å². The fourth-order valence-electron chi connectivity index (χ4n) is 2.91. The third kappa shape index (κ3) is 5.33. The summed E-state index contributed by atoms with van der Waals surface area (Å²) in [6, 6.07) is 20.4. The van der Waals surface area contributed by atoms with Gasteiger partial charge in [0.15, 0.2) is 4.32 Å². The smallest absolute Gasteiger partial charge is 0.270 e. The average Bonchev–Trinajstić information content (AvgIpc) is 3.03. The van der Waals surface area contributed by atoms with Crippen LogP contribution in [0.2, 0.25) is 10.0 Å². The highest BCUT2D eigenvalue weighted by atomic mass is 79.9. The average molecular weight is 551 g/mol. The van der Waals surface area contributed by atoms with Crippen molar-refractivity contribution in [2.45, 2.75) is 6.61 Å². The molecule has 3 aromatic rings. The first-order chi connectivity index (χ1) is 14.9. The van der Waals surface area contributed by atoms with E-state index < -0.39 is 0 Å². The van der Waals surface area contributed by atoms with Gasteiger partial charge in [-0.05, 0) is 75.6 Å². The van der Waals surface area contributed by atoms with Gasteiger partial charge in [-0.15, -0.1) is 0 Å². The lowest BCUT2D eigenvalue weighted by atomic mass is 10.2. The van der Waals surface area contributed by atoms with Gasteiger partial charge in [-0.1, -0.05) is 71.4 Å². The van der Waals surface area contributed by atoms with Crippen molar-refractivity contribution in [1.82, 2.24) is 0 Å². The number of carbonyl (C=O) groups excluding carboxylic acids is 1. The Morgan fingerprint density at radius 3 is 2.58 bits per heavy atom. The normalized spacial score (nSPS) is 15.1. The van der Waals surface area contributed by atoms with E-state index in [4.69, 9.17) is 40.2 Å². The molecule has 0 spiro atoms. The number of rotatable bonds is 5. The van der Waals surface area contributed by atoms with Crippen LogP contribution >= 0.6 is 63.1 Å². The van der Waals surface area contributed by atoms with E-state index in [0.717, 1.165) is 15.6 Å². The summed E-state index contributed by atoms with van der Waals surface area (Å²) in [5, 5.41) is 1.20. The second-order valence-corrected chi connectivity index (χ2v) is 9.98. The van der Waals surface area contributed by atoms with E-state index in [1.165, 1.54) is 16.7 Å². The number of ether oxygens (including phenoxy) is 1. The predicted octanol–water partition coefficient (Wildman–Crippen LogP) is 7.74. The maximum Gasteiger partial charge on any atom is 0.270 e. The summed E-state index contributed by atoms with van der Waals surface area (Å²) < 4.78 is 7.10. The Hall–Kier alpha value is -1.83. The highest BCUT2D eigenvalue weighted by Crippen LogP contribution is 2.38. The summed E-state index contributed by atoms with van der Waals surface area (Å²) in [6.45, 7) is 0.424. The zero-order chi connectivity index (χ0) is 22.0. The second-order valence-electron chi connectivity index (χ2n) is 6.60. The van der Waals surface area contributed by atoms with Crippen LogP contribution < -0.4 is 9.64 Å². The molecule has 156 valence electrons. The molecule has 0 saturated carbocycles. The third-order valence-corrected chi connectivity index (χ3v) is 7.22. The molecule has 1 amide bonds. The Balaban J connectivity index is 1.51. The first-order valence-electron chi connectivity index (χ1n) is 9.11. The third-order valence-electron chi connectivity index (χ3n) is 4.43. The van der Waals surface area contributed by atoms with Gasteiger partial charge >= 0.3 is 0 Å². The number of hydrogen-bond acceptors (Lipinski definition) is 4. The van der Waals surface area contributed by atoms with Gasteiger partial charge in [0.25, 0.3) is 5.91 Å². The minimum absolute atomic E-state index is 0.180. The van der Waals surface area contributed by atoms with Crippen LogP contribution in [0.4, 0.5) is 5.69 Å². The molecule has 1 aliphatic rings. The summed E-state index contributed by atoms with van der Waals surface area (Å²) in [6.07, 6.45) is 1.81. The van der Waals surface area contributed by atoms with Gasteiger partial charge in [0.1, 0.15) is 12.4 Å². The molecule has 3 aromatic carbocycles. The molecule has 0 bridgehead atoms. The maximum atomic E-state index is 13.0. The van der Waals surface area contributed by atoms with Crippen molar-refractivity contribution in [3.63, 3.8) is 0 Å². The first-order valence-corrected chi connectivity index (χ1v) is 11.9. The maximum absolute atomic E-state index is 13.0. The zero-order valence-electron chi connectivity index (χ0n) is 15.8. The minimum atomic E-state index is -0.180. The van der Waals surface area contributed by atoms with Gasteiger partial charge in [0.2, 0.25) is 0 Å². The number of halogens is 3. The number of benzene rings is 3. The predicted molar refractivity (Wildman–Crippen MR) is 137 cm³/mol. The molecule has 0 radical (unpaired) electrons. The minimum Gasteiger partial charge on any atom is -0.489 e. The van der Waals surface area contributed by atoms with Gasteiger partial charge in [0, 0.05) is 9.50 Å². The molecule has 0 atom stereocenters. The molecule has 31 heavy (non-hydrogen) atoms. The van der Waals surface area contributed by atoms with Crippen LogP contribution in [-0.4, -0.2) is 10.2 Å². The second kappa shape index (κ2) is 9.76. The lowest BCUT2D eigenvalue weighted by Crippen LogP contribution is -2.27. The monoisotopic (exact) mass is 549 g/mol. The molecule has 0 aromatic heterocycles. The van der Waals surface area contributed by atoms with E-state index in [2.05, 4.69) is 15.9 Å². The molecular weight excluding hydrogens is 537 g/mol. The van der Waals surface area contributed by atoms with E-state index in [-0.39, 0.29) is 5.91 Å². The van der Waals surface area contributed by atoms with Crippen LogP contribution in [0.5, 0.6) is 5.75 Å². The van der Waals surface area contributed by atoms with Crippen LogP contribution in [-0.2, 0) is 11.4 Å². The molecule has 0 aliphatic carbocycles. The highest BCUT2D eigenvalue weighted by Gasteiger charge is 2.33. The number of carbonyl (C=O) groups is 1. The molecule has 8 heteroatoms. The molecular formula is C23H14BrCl2NO2S2.